The van der Waals surface area contributed by atoms with Crippen LogP contribution in [0.2, 0.25) is 0 Å². The lowest BCUT2D eigenvalue weighted by atomic mass is 10.1. The predicted octanol–water partition coefficient (Wildman–Crippen LogP) is 2.42. The Hall–Kier alpha value is -1.06. The van der Waals surface area contributed by atoms with Crippen LogP contribution >= 0.6 is 24.0 Å². The maximum atomic E-state index is 5.66. The van der Waals surface area contributed by atoms with Crippen LogP contribution in [0.5, 0.6) is 5.75 Å². The zero-order chi connectivity index (χ0) is 17.1. The third-order valence-corrected chi connectivity index (χ3v) is 3.40. The summed E-state index contributed by atoms with van der Waals surface area (Å²) < 4.78 is 16.2. The van der Waals surface area contributed by atoms with Gasteiger partial charge in [0.05, 0.1) is 25.9 Å². The minimum atomic E-state index is -0.236. The fourth-order valence-corrected chi connectivity index (χ4v) is 1.78. The van der Waals surface area contributed by atoms with E-state index < -0.39 is 0 Å². The quantitative estimate of drug-likeness (QED) is 0.261. The van der Waals surface area contributed by atoms with Crippen molar-refractivity contribution in [2.45, 2.75) is 26.1 Å². The largest absolute Gasteiger partial charge is 0.497 e. The highest BCUT2D eigenvalue weighted by Gasteiger charge is 2.16. The number of nitrogens with one attached hydrogen (secondary N) is 2. The van der Waals surface area contributed by atoms with E-state index in [1.165, 1.54) is 0 Å². The minimum absolute atomic E-state index is 0. The monoisotopic (exact) mass is 451 g/mol. The Bertz CT molecular complexity index is 496. The average molecular weight is 451 g/mol. The van der Waals surface area contributed by atoms with Crippen molar-refractivity contribution in [2.24, 2.45) is 4.99 Å². The second-order valence-electron chi connectivity index (χ2n) is 5.72. The lowest BCUT2D eigenvalue weighted by Crippen LogP contribution is -2.46. The highest BCUT2D eigenvalue weighted by molar-refractivity contribution is 14.0. The normalized spacial score (nSPS) is 11.6. The number of rotatable bonds is 9. The van der Waals surface area contributed by atoms with Crippen molar-refractivity contribution in [1.29, 1.82) is 0 Å². The van der Waals surface area contributed by atoms with Crippen molar-refractivity contribution in [3.63, 3.8) is 0 Å². The van der Waals surface area contributed by atoms with E-state index in [1.807, 2.05) is 38.1 Å². The van der Waals surface area contributed by atoms with Gasteiger partial charge in [-0.3, -0.25) is 4.99 Å². The van der Waals surface area contributed by atoms with Gasteiger partial charge in [0, 0.05) is 27.2 Å². The van der Waals surface area contributed by atoms with E-state index in [1.54, 1.807) is 21.3 Å². The Labute approximate surface area is 162 Å². The zero-order valence-electron chi connectivity index (χ0n) is 15.2. The van der Waals surface area contributed by atoms with E-state index in [0.29, 0.717) is 26.3 Å². The molecule has 0 radical (unpaired) electrons. The van der Waals surface area contributed by atoms with E-state index in [2.05, 4.69) is 15.6 Å². The van der Waals surface area contributed by atoms with E-state index in [9.17, 15) is 0 Å². The summed E-state index contributed by atoms with van der Waals surface area (Å²) in [6, 6.07) is 7.87. The molecular formula is C17H30IN3O3. The number of benzene rings is 1. The highest BCUT2D eigenvalue weighted by atomic mass is 127. The lowest BCUT2D eigenvalue weighted by molar-refractivity contribution is 0.0268. The van der Waals surface area contributed by atoms with Gasteiger partial charge in [0.15, 0.2) is 5.96 Å². The summed E-state index contributed by atoms with van der Waals surface area (Å²) in [5.41, 5.74) is 0.856. The third-order valence-electron chi connectivity index (χ3n) is 3.40. The molecule has 6 nitrogen and oxygen atoms in total. The summed E-state index contributed by atoms with van der Waals surface area (Å²) in [5.74, 6) is 1.58. The molecule has 1 aromatic rings. The van der Waals surface area contributed by atoms with Gasteiger partial charge in [-0.05, 0) is 31.5 Å². The van der Waals surface area contributed by atoms with Gasteiger partial charge in [0.1, 0.15) is 5.75 Å². The molecule has 2 N–H and O–H groups in total. The molecule has 1 rings (SSSR count). The van der Waals surface area contributed by atoms with Crippen molar-refractivity contribution < 1.29 is 14.2 Å². The van der Waals surface area contributed by atoms with Gasteiger partial charge in [0.2, 0.25) is 0 Å². The summed E-state index contributed by atoms with van der Waals surface area (Å²) in [4.78, 5) is 4.17. The maximum absolute atomic E-state index is 5.66. The molecule has 0 atom stereocenters. The molecule has 0 amide bonds. The first-order valence-electron chi connectivity index (χ1n) is 7.71. The molecule has 0 bridgehead atoms. The highest BCUT2D eigenvalue weighted by Crippen LogP contribution is 2.12. The van der Waals surface area contributed by atoms with Gasteiger partial charge in [-0.1, -0.05) is 12.1 Å². The van der Waals surface area contributed by atoms with Crippen molar-refractivity contribution in [2.75, 3.05) is 41.0 Å². The van der Waals surface area contributed by atoms with Crippen LogP contribution in [0.3, 0.4) is 0 Å². The van der Waals surface area contributed by atoms with Crippen molar-refractivity contribution in [1.82, 2.24) is 10.6 Å². The van der Waals surface area contributed by atoms with E-state index in [4.69, 9.17) is 14.2 Å². The molecule has 0 saturated carbocycles. The van der Waals surface area contributed by atoms with Gasteiger partial charge in [-0.2, -0.15) is 0 Å². The minimum Gasteiger partial charge on any atom is -0.497 e. The van der Waals surface area contributed by atoms with Crippen molar-refractivity contribution in [3.05, 3.63) is 29.8 Å². The molecule has 0 unspecified atom stereocenters. The van der Waals surface area contributed by atoms with Gasteiger partial charge in [0.25, 0.3) is 0 Å². The van der Waals surface area contributed by atoms with E-state index >= 15 is 0 Å². The molecular weight excluding hydrogens is 421 g/mol. The first kappa shape index (κ1) is 22.9. The SMILES string of the molecule is CN=C(NCCOCc1cccc(OC)c1)NCC(C)(C)OC.I. The number of hydrogen-bond acceptors (Lipinski definition) is 4. The number of aliphatic imine (C=N–C) groups is 1. The number of nitrogens with zero attached hydrogens (tertiary/aromatic N) is 1. The topological polar surface area (TPSA) is 64.1 Å². The summed E-state index contributed by atoms with van der Waals surface area (Å²) in [7, 11) is 5.10. The Morgan fingerprint density at radius 3 is 2.58 bits per heavy atom. The average Bonchev–Trinajstić information content (AvgIpc) is 2.57. The second kappa shape index (κ2) is 12.3. The number of ether oxygens (including phenoxy) is 3. The van der Waals surface area contributed by atoms with E-state index in [-0.39, 0.29) is 29.6 Å². The van der Waals surface area contributed by atoms with Gasteiger partial charge in [-0.25, -0.2) is 0 Å². The molecule has 0 heterocycles. The van der Waals surface area contributed by atoms with Crippen LogP contribution < -0.4 is 15.4 Å². The Morgan fingerprint density at radius 2 is 1.96 bits per heavy atom. The number of hydrogen-bond donors (Lipinski definition) is 2. The third kappa shape index (κ3) is 9.29. The Kier molecular flexibility index (Phi) is 11.8. The van der Waals surface area contributed by atoms with Gasteiger partial charge < -0.3 is 24.8 Å². The summed E-state index contributed by atoms with van der Waals surface area (Å²) in [6.07, 6.45) is 0. The Balaban J connectivity index is 0.00000529. The van der Waals surface area contributed by atoms with Crippen LogP contribution in [0.25, 0.3) is 0 Å². The predicted molar refractivity (Wildman–Crippen MR) is 109 cm³/mol. The smallest absolute Gasteiger partial charge is 0.191 e. The fraction of sp³-hybridized carbons (Fsp3) is 0.588. The molecule has 0 fully saturated rings. The first-order valence-corrected chi connectivity index (χ1v) is 7.71. The number of methoxy groups -OCH3 is 2. The van der Waals surface area contributed by atoms with Crippen LogP contribution in [0.15, 0.2) is 29.3 Å². The van der Waals surface area contributed by atoms with Crippen molar-refractivity contribution >= 4 is 29.9 Å². The van der Waals surface area contributed by atoms with Gasteiger partial charge >= 0.3 is 0 Å². The number of guanidine groups is 1. The van der Waals surface area contributed by atoms with Crippen LogP contribution in [0.4, 0.5) is 0 Å². The van der Waals surface area contributed by atoms with Crippen LogP contribution in [-0.2, 0) is 16.1 Å². The molecule has 24 heavy (non-hydrogen) atoms. The number of halogens is 1. The van der Waals surface area contributed by atoms with E-state index in [0.717, 1.165) is 17.3 Å². The molecule has 0 aliphatic carbocycles. The lowest BCUT2D eigenvalue weighted by Gasteiger charge is -2.24. The standard InChI is InChI=1S/C17H29N3O3.HI/c1-17(2,22-5)13-20-16(18-3)19-9-10-23-12-14-7-6-8-15(11-14)21-4;/h6-8,11H,9-10,12-13H2,1-5H3,(H2,18,19,20);1H. The first-order chi connectivity index (χ1) is 11.0. The molecule has 0 spiro atoms. The zero-order valence-corrected chi connectivity index (χ0v) is 17.5. The maximum Gasteiger partial charge on any atom is 0.191 e. The fourth-order valence-electron chi connectivity index (χ4n) is 1.78. The Morgan fingerprint density at radius 1 is 1.21 bits per heavy atom. The molecule has 1 aromatic carbocycles. The molecule has 0 aliphatic rings. The molecule has 0 aromatic heterocycles. The second-order valence-corrected chi connectivity index (χ2v) is 5.72. The van der Waals surface area contributed by atoms with Crippen molar-refractivity contribution in [3.8, 4) is 5.75 Å². The molecule has 7 heteroatoms. The van der Waals surface area contributed by atoms with Crippen LogP contribution in [-0.4, -0.2) is 52.5 Å². The molecule has 138 valence electrons. The van der Waals surface area contributed by atoms with Gasteiger partial charge in [-0.15, -0.1) is 24.0 Å². The molecule has 0 saturated heterocycles. The summed E-state index contributed by atoms with van der Waals surface area (Å²) >= 11 is 0. The van der Waals surface area contributed by atoms with Crippen LogP contribution in [0, 0.1) is 0 Å². The summed E-state index contributed by atoms with van der Waals surface area (Å²) in [5, 5.41) is 6.43. The summed E-state index contributed by atoms with van der Waals surface area (Å²) in [6.45, 7) is 6.53. The van der Waals surface area contributed by atoms with Crippen LogP contribution in [0.1, 0.15) is 19.4 Å². The molecule has 0 aliphatic heterocycles.